The first kappa shape index (κ1) is 29.6. The topological polar surface area (TPSA) is 35.5 Å². The second kappa shape index (κ2) is 16.2. The van der Waals surface area contributed by atoms with E-state index in [4.69, 9.17) is 14.3 Å². The molecule has 1 aliphatic carbocycles. The van der Waals surface area contributed by atoms with Crippen molar-refractivity contribution < 1.29 is 14.3 Å². The van der Waals surface area contributed by atoms with Crippen molar-refractivity contribution in [3.8, 4) is 0 Å². The van der Waals surface area contributed by atoms with Gasteiger partial charge in [-0.15, -0.1) is 0 Å². The van der Waals surface area contributed by atoms with Gasteiger partial charge in [-0.05, 0) is 52.9 Å². The molecule has 0 saturated carbocycles. The van der Waals surface area contributed by atoms with Gasteiger partial charge in [-0.1, -0.05) is 78.8 Å². The van der Waals surface area contributed by atoms with E-state index in [9.17, 15) is 0 Å². The third kappa shape index (κ3) is 10.8. The number of carbonyl (C=O) groups is 1. The van der Waals surface area contributed by atoms with Crippen LogP contribution in [0.3, 0.4) is 0 Å². The molecule has 0 amide bonds. The highest BCUT2D eigenvalue weighted by Crippen LogP contribution is 2.43. The number of hydrogen-bond donors (Lipinski definition) is 0. The van der Waals surface area contributed by atoms with Crippen molar-refractivity contribution in [2.75, 3.05) is 20.8 Å². The number of ether oxygens (including phenoxy) is 2. The number of carbonyl (C=O) groups excluding carboxylic acids is 1. The molecule has 3 nitrogen and oxygen atoms in total. The van der Waals surface area contributed by atoms with Gasteiger partial charge in [0.2, 0.25) is 0 Å². The lowest BCUT2D eigenvalue weighted by atomic mass is 9.77. The van der Waals surface area contributed by atoms with E-state index in [0.29, 0.717) is 24.6 Å². The standard InChI is InChI=1S/C22H30O2.C3H4O.C2H6/c1-16-11-12-22(6,14-16)20(5)21(15-23-7)13-18(3)17(2)9-10-19(4)24-8;1-2-3-4;1-2/h9-13,16H,2-5,14-15H2,1,6-8H3;2-3H,1H2;1-2H3/b10-9-,21-13-;;/t16?,22-;;/m0../s1. The summed E-state index contributed by atoms with van der Waals surface area (Å²) in [7, 11) is 3.28. The quantitative estimate of drug-likeness (QED) is 0.128. The van der Waals surface area contributed by atoms with Gasteiger partial charge in [0, 0.05) is 12.5 Å². The van der Waals surface area contributed by atoms with Gasteiger partial charge in [-0.25, -0.2) is 0 Å². The molecular formula is C27H40O3. The van der Waals surface area contributed by atoms with Crippen LogP contribution in [-0.4, -0.2) is 27.1 Å². The van der Waals surface area contributed by atoms with E-state index in [1.54, 1.807) is 20.3 Å². The van der Waals surface area contributed by atoms with Gasteiger partial charge in [-0.3, -0.25) is 4.79 Å². The molecule has 0 radical (unpaired) electrons. The molecule has 3 heteroatoms. The van der Waals surface area contributed by atoms with Crippen LogP contribution in [0.2, 0.25) is 0 Å². The normalized spacial score (nSPS) is 19.7. The fraction of sp³-hybridized carbons (Fsp3) is 0.370. The van der Waals surface area contributed by atoms with Crippen molar-refractivity contribution in [3.63, 3.8) is 0 Å². The molecular weight excluding hydrogens is 372 g/mol. The second-order valence-corrected chi connectivity index (χ2v) is 6.97. The minimum absolute atomic E-state index is 0.0361. The summed E-state index contributed by atoms with van der Waals surface area (Å²) in [5.41, 5.74) is 3.70. The van der Waals surface area contributed by atoms with E-state index < -0.39 is 0 Å². The average Bonchev–Trinajstić information content (AvgIpc) is 3.11. The second-order valence-electron chi connectivity index (χ2n) is 6.97. The van der Waals surface area contributed by atoms with Crippen molar-refractivity contribution in [1.82, 2.24) is 0 Å². The molecule has 166 valence electrons. The van der Waals surface area contributed by atoms with Crippen LogP contribution in [0, 0.1) is 11.3 Å². The predicted molar refractivity (Wildman–Crippen MR) is 131 cm³/mol. The van der Waals surface area contributed by atoms with Gasteiger partial charge in [0.25, 0.3) is 0 Å². The van der Waals surface area contributed by atoms with E-state index in [2.05, 4.69) is 58.9 Å². The summed E-state index contributed by atoms with van der Waals surface area (Å²) in [5.74, 6) is 1.14. The smallest absolute Gasteiger partial charge is 0.142 e. The highest BCUT2D eigenvalue weighted by molar-refractivity contribution is 5.63. The van der Waals surface area contributed by atoms with Crippen LogP contribution in [0.5, 0.6) is 0 Å². The fourth-order valence-electron chi connectivity index (χ4n) is 2.82. The van der Waals surface area contributed by atoms with Crippen LogP contribution in [0.15, 0.2) is 97.4 Å². The molecule has 1 unspecified atom stereocenters. The van der Waals surface area contributed by atoms with E-state index in [1.165, 1.54) is 6.08 Å². The highest BCUT2D eigenvalue weighted by Gasteiger charge is 2.32. The minimum Gasteiger partial charge on any atom is -0.497 e. The van der Waals surface area contributed by atoms with Crippen molar-refractivity contribution >= 4 is 6.29 Å². The molecule has 2 atom stereocenters. The van der Waals surface area contributed by atoms with Gasteiger partial charge >= 0.3 is 0 Å². The van der Waals surface area contributed by atoms with Crippen LogP contribution in [0.25, 0.3) is 0 Å². The Hall–Kier alpha value is -2.65. The first-order valence-corrected chi connectivity index (χ1v) is 10.1. The molecule has 0 bridgehead atoms. The predicted octanol–water partition coefficient (Wildman–Crippen LogP) is 6.94. The van der Waals surface area contributed by atoms with Gasteiger partial charge in [-0.2, -0.15) is 0 Å². The number of methoxy groups -OCH3 is 2. The number of aldehydes is 1. The molecule has 0 spiro atoms. The van der Waals surface area contributed by atoms with E-state index in [1.807, 2.05) is 26.0 Å². The Balaban J connectivity index is 0. The van der Waals surface area contributed by atoms with Gasteiger partial charge in [0.05, 0.1) is 13.7 Å². The number of hydrogen-bond acceptors (Lipinski definition) is 3. The zero-order chi connectivity index (χ0) is 23.7. The average molecular weight is 413 g/mol. The SMILES string of the molecule is C=C(/C=C\C(=C)C(=C)/C=C(/COC)C(=C)[C@@]1(C)C=CC(C)C1)OC.C=CC=O.CC. The molecule has 0 N–H and O–H groups in total. The summed E-state index contributed by atoms with van der Waals surface area (Å²) in [5, 5.41) is 0. The summed E-state index contributed by atoms with van der Waals surface area (Å²) in [4.78, 5) is 9.06. The van der Waals surface area contributed by atoms with Crippen LogP contribution in [-0.2, 0) is 14.3 Å². The number of rotatable bonds is 10. The molecule has 0 heterocycles. The lowest BCUT2D eigenvalue weighted by molar-refractivity contribution is -0.104. The molecule has 0 fully saturated rings. The number of allylic oxidation sites excluding steroid dienone is 8. The van der Waals surface area contributed by atoms with Gasteiger partial charge < -0.3 is 9.47 Å². The zero-order valence-corrected chi connectivity index (χ0v) is 19.8. The fourth-order valence-corrected chi connectivity index (χ4v) is 2.82. The molecule has 1 rings (SSSR count). The molecule has 0 aromatic carbocycles. The summed E-state index contributed by atoms with van der Waals surface area (Å²) < 4.78 is 10.4. The van der Waals surface area contributed by atoms with Crippen LogP contribution in [0.1, 0.15) is 34.1 Å². The third-order valence-corrected chi connectivity index (χ3v) is 4.51. The maximum absolute atomic E-state index is 9.06. The molecule has 0 saturated heterocycles. The zero-order valence-electron chi connectivity index (χ0n) is 19.8. The van der Waals surface area contributed by atoms with Crippen LogP contribution < -0.4 is 0 Å². The molecule has 1 aliphatic rings. The Bertz CT molecular complexity index is 698. The maximum atomic E-state index is 9.06. The highest BCUT2D eigenvalue weighted by atomic mass is 16.5. The molecule has 0 aromatic rings. The van der Waals surface area contributed by atoms with Gasteiger partial charge in [0.15, 0.2) is 0 Å². The van der Waals surface area contributed by atoms with Crippen LogP contribution in [0.4, 0.5) is 0 Å². The summed E-state index contributed by atoms with van der Waals surface area (Å²) >= 11 is 0. The first-order valence-electron chi connectivity index (χ1n) is 10.1. The Morgan fingerprint density at radius 3 is 2.10 bits per heavy atom. The third-order valence-electron chi connectivity index (χ3n) is 4.51. The lowest BCUT2D eigenvalue weighted by Gasteiger charge is -2.28. The molecule has 0 aliphatic heterocycles. The monoisotopic (exact) mass is 412 g/mol. The molecule has 0 aromatic heterocycles. The molecule has 30 heavy (non-hydrogen) atoms. The van der Waals surface area contributed by atoms with Crippen molar-refractivity contribution in [1.29, 1.82) is 0 Å². The van der Waals surface area contributed by atoms with Gasteiger partial charge in [0.1, 0.15) is 12.0 Å². The Morgan fingerprint density at radius 1 is 1.13 bits per heavy atom. The lowest BCUT2D eigenvalue weighted by Crippen LogP contribution is -2.18. The Kier molecular flexibility index (Phi) is 15.9. The van der Waals surface area contributed by atoms with E-state index in [-0.39, 0.29) is 5.41 Å². The Labute approximate surface area is 184 Å². The van der Waals surface area contributed by atoms with E-state index in [0.717, 1.165) is 28.7 Å². The minimum atomic E-state index is -0.0361. The van der Waals surface area contributed by atoms with E-state index >= 15 is 0 Å². The summed E-state index contributed by atoms with van der Waals surface area (Å²) in [6.07, 6.45) is 13.0. The van der Waals surface area contributed by atoms with Crippen LogP contribution >= 0.6 is 0 Å². The summed E-state index contributed by atoms with van der Waals surface area (Å²) in [6.45, 7) is 28.3. The van der Waals surface area contributed by atoms with Crippen molar-refractivity contribution in [2.24, 2.45) is 11.3 Å². The first-order chi connectivity index (χ1) is 14.1. The maximum Gasteiger partial charge on any atom is 0.142 e. The summed E-state index contributed by atoms with van der Waals surface area (Å²) in [6, 6.07) is 0. The van der Waals surface area contributed by atoms with Crippen molar-refractivity contribution in [3.05, 3.63) is 97.4 Å². The Morgan fingerprint density at radius 2 is 1.70 bits per heavy atom. The largest absolute Gasteiger partial charge is 0.497 e. The van der Waals surface area contributed by atoms with Crippen molar-refractivity contribution in [2.45, 2.75) is 34.1 Å².